The number of carbonyl (C=O) groups excluding carboxylic acids is 2. The summed E-state index contributed by atoms with van der Waals surface area (Å²) in [4.78, 5) is 24.3. The monoisotopic (exact) mass is 338 g/mol. The molecule has 6 nitrogen and oxygen atoms in total. The molecule has 0 atom stereocenters. The summed E-state index contributed by atoms with van der Waals surface area (Å²) in [6.45, 7) is 1.71. The van der Waals surface area contributed by atoms with Gasteiger partial charge in [0.2, 0.25) is 5.91 Å². The topological polar surface area (TPSA) is 92.3 Å². The van der Waals surface area contributed by atoms with E-state index in [-0.39, 0.29) is 22.3 Å². The Labute approximate surface area is 136 Å². The number of hydrogen-bond donors (Lipinski definition) is 2. The van der Waals surface area contributed by atoms with Gasteiger partial charge in [-0.25, -0.2) is 8.42 Å². The zero-order valence-corrected chi connectivity index (χ0v) is 14.2. The van der Waals surface area contributed by atoms with Crippen molar-refractivity contribution in [3.05, 3.63) is 29.3 Å². The number of benzene rings is 1. The van der Waals surface area contributed by atoms with Gasteiger partial charge in [0.1, 0.15) is 0 Å². The number of nitrogens with one attached hydrogen (secondary N) is 2. The summed E-state index contributed by atoms with van der Waals surface area (Å²) < 4.78 is 23.2. The molecule has 1 aromatic carbocycles. The van der Waals surface area contributed by atoms with Crippen molar-refractivity contribution in [1.82, 2.24) is 10.9 Å². The number of hydrogen-bond acceptors (Lipinski definition) is 4. The second-order valence-corrected chi connectivity index (χ2v) is 8.04. The van der Waals surface area contributed by atoms with Gasteiger partial charge in [0, 0.05) is 17.7 Å². The average Bonchev–Trinajstić information content (AvgIpc) is 2.52. The Morgan fingerprint density at radius 1 is 1.09 bits per heavy atom. The van der Waals surface area contributed by atoms with Crippen molar-refractivity contribution in [1.29, 1.82) is 0 Å². The highest BCUT2D eigenvalue weighted by Crippen LogP contribution is 2.23. The first-order chi connectivity index (χ1) is 10.8. The van der Waals surface area contributed by atoms with Gasteiger partial charge >= 0.3 is 0 Å². The molecule has 7 heteroatoms. The molecule has 1 aliphatic rings. The minimum atomic E-state index is -3.39. The van der Waals surface area contributed by atoms with E-state index in [4.69, 9.17) is 0 Å². The highest BCUT2D eigenvalue weighted by molar-refractivity contribution is 7.90. The van der Waals surface area contributed by atoms with Crippen molar-refractivity contribution in [2.24, 2.45) is 5.92 Å². The molecule has 0 unspecified atom stereocenters. The fraction of sp³-hybridized carbons (Fsp3) is 0.500. The lowest BCUT2D eigenvalue weighted by molar-refractivity contribution is -0.126. The van der Waals surface area contributed by atoms with Crippen LogP contribution in [0.3, 0.4) is 0 Å². The zero-order valence-electron chi connectivity index (χ0n) is 13.4. The quantitative estimate of drug-likeness (QED) is 0.821. The SMILES string of the molecule is Cc1ccc(S(C)(=O)=O)cc1C(=O)NNC(=O)C1CCCCC1. The van der Waals surface area contributed by atoms with Crippen molar-refractivity contribution in [3.8, 4) is 0 Å². The van der Waals surface area contributed by atoms with E-state index in [2.05, 4.69) is 10.9 Å². The van der Waals surface area contributed by atoms with Crippen LogP contribution in [0.25, 0.3) is 0 Å². The molecule has 1 fully saturated rings. The van der Waals surface area contributed by atoms with Crippen LogP contribution in [0.1, 0.15) is 48.0 Å². The van der Waals surface area contributed by atoms with Crippen LogP contribution in [0, 0.1) is 12.8 Å². The summed E-state index contributed by atoms with van der Waals surface area (Å²) in [6, 6.07) is 4.36. The molecule has 126 valence electrons. The smallest absolute Gasteiger partial charge is 0.269 e. The molecule has 2 rings (SSSR count). The van der Waals surface area contributed by atoms with Crippen LogP contribution in [0.4, 0.5) is 0 Å². The van der Waals surface area contributed by atoms with E-state index in [0.29, 0.717) is 5.56 Å². The Morgan fingerprint density at radius 2 is 1.74 bits per heavy atom. The maximum absolute atomic E-state index is 12.2. The summed E-state index contributed by atoms with van der Waals surface area (Å²) >= 11 is 0. The highest BCUT2D eigenvalue weighted by atomic mass is 32.2. The van der Waals surface area contributed by atoms with Crippen LogP contribution in [0.2, 0.25) is 0 Å². The standard InChI is InChI=1S/C16H22N2O4S/c1-11-8-9-13(23(2,21)22)10-14(11)16(20)18-17-15(19)12-6-4-3-5-7-12/h8-10,12H,3-7H2,1-2H3,(H,17,19)(H,18,20). The molecular formula is C16H22N2O4S. The van der Waals surface area contributed by atoms with E-state index in [0.717, 1.165) is 38.4 Å². The van der Waals surface area contributed by atoms with E-state index < -0.39 is 15.7 Å². The van der Waals surface area contributed by atoms with Gasteiger partial charge in [0.25, 0.3) is 5.91 Å². The van der Waals surface area contributed by atoms with Gasteiger partial charge in [-0.2, -0.15) is 0 Å². The van der Waals surface area contributed by atoms with Crippen molar-refractivity contribution < 1.29 is 18.0 Å². The summed E-state index contributed by atoms with van der Waals surface area (Å²) in [5.74, 6) is -0.764. The minimum absolute atomic E-state index is 0.0625. The molecule has 0 saturated heterocycles. The van der Waals surface area contributed by atoms with Crippen molar-refractivity contribution in [3.63, 3.8) is 0 Å². The maximum atomic E-state index is 12.2. The van der Waals surface area contributed by atoms with Gasteiger partial charge in [-0.05, 0) is 37.5 Å². The Kier molecular flexibility index (Phi) is 5.41. The Balaban J connectivity index is 2.04. The summed E-state index contributed by atoms with van der Waals surface area (Å²) in [7, 11) is -3.39. The van der Waals surface area contributed by atoms with Crippen LogP contribution in [-0.2, 0) is 14.6 Å². The molecule has 0 heterocycles. The predicted octanol–water partition coefficient (Wildman–Crippen LogP) is 1.74. The van der Waals surface area contributed by atoms with Gasteiger partial charge in [0.15, 0.2) is 9.84 Å². The first-order valence-electron chi connectivity index (χ1n) is 7.70. The van der Waals surface area contributed by atoms with Crippen LogP contribution in [0.5, 0.6) is 0 Å². The largest absolute Gasteiger partial charge is 0.273 e. The molecular weight excluding hydrogens is 316 g/mol. The first kappa shape index (κ1) is 17.5. The maximum Gasteiger partial charge on any atom is 0.269 e. The molecule has 23 heavy (non-hydrogen) atoms. The third-order valence-electron chi connectivity index (χ3n) is 4.16. The van der Waals surface area contributed by atoms with E-state index in [1.807, 2.05) is 0 Å². The number of rotatable bonds is 3. The Morgan fingerprint density at radius 3 is 2.35 bits per heavy atom. The third-order valence-corrected chi connectivity index (χ3v) is 5.27. The fourth-order valence-corrected chi connectivity index (χ4v) is 3.38. The molecule has 1 aliphatic carbocycles. The minimum Gasteiger partial charge on any atom is -0.273 e. The highest BCUT2D eigenvalue weighted by Gasteiger charge is 2.22. The van der Waals surface area contributed by atoms with Gasteiger partial charge in [0.05, 0.1) is 4.90 Å². The molecule has 0 spiro atoms. The Hall–Kier alpha value is -1.89. The molecule has 0 radical (unpaired) electrons. The summed E-state index contributed by atoms with van der Waals surface area (Å²) in [5, 5.41) is 0. The van der Waals surface area contributed by atoms with E-state index in [1.165, 1.54) is 12.1 Å². The van der Waals surface area contributed by atoms with Crippen LogP contribution < -0.4 is 10.9 Å². The predicted molar refractivity (Wildman–Crippen MR) is 86.5 cm³/mol. The van der Waals surface area contributed by atoms with E-state index in [1.54, 1.807) is 13.0 Å². The lowest BCUT2D eigenvalue weighted by Gasteiger charge is -2.21. The summed E-state index contributed by atoms with van der Waals surface area (Å²) in [6.07, 6.45) is 5.97. The first-order valence-corrected chi connectivity index (χ1v) is 9.59. The second kappa shape index (κ2) is 7.12. The molecule has 1 saturated carbocycles. The lowest BCUT2D eigenvalue weighted by atomic mass is 9.89. The van der Waals surface area contributed by atoms with Crippen molar-refractivity contribution >= 4 is 21.7 Å². The number of sulfone groups is 1. The van der Waals surface area contributed by atoms with Crippen LogP contribution in [0.15, 0.2) is 23.1 Å². The molecule has 1 aromatic rings. The van der Waals surface area contributed by atoms with Gasteiger partial charge in [-0.1, -0.05) is 25.3 Å². The van der Waals surface area contributed by atoms with Crippen LogP contribution in [-0.4, -0.2) is 26.5 Å². The van der Waals surface area contributed by atoms with E-state index in [9.17, 15) is 18.0 Å². The molecule has 0 aliphatic heterocycles. The van der Waals surface area contributed by atoms with Gasteiger partial charge < -0.3 is 0 Å². The van der Waals surface area contributed by atoms with E-state index >= 15 is 0 Å². The number of hydrazine groups is 1. The number of aryl methyl sites for hydroxylation is 1. The van der Waals surface area contributed by atoms with Crippen LogP contribution >= 0.6 is 0 Å². The zero-order chi connectivity index (χ0) is 17.0. The number of amides is 2. The molecule has 2 amide bonds. The third kappa shape index (κ3) is 4.54. The normalized spacial score (nSPS) is 15.9. The van der Waals surface area contributed by atoms with Gasteiger partial charge in [-0.15, -0.1) is 0 Å². The lowest BCUT2D eigenvalue weighted by Crippen LogP contribution is -2.45. The Bertz CT molecular complexity index is 707. The fourth-order valence-electron chi connectivity index (χ4n) is 2.73. The molecule has 0 aromatic heterocycles. The summed E-state index contributed by atoms with van der Waals surface area (Å²) in [5.41, 5.74) is 5.70. The molecule has 2 N–H and O–H groups in total. The van der Waals surface area contributed by atoms with Gasteiger partial charge in [-0.3, -0.25) is 20.4 Å². The van der Waals surface area contributed by atoms with Crippen molar-refractivity contribution in [2.45, 2.75) is 43.9 Å². The average molecular weight is 338 g/mol. The second-order valence-electron chi connectivity index (χ2n) is 6.03. The van der Waals surface area contributed by atoms with Crippen molar-refractivity contribution in [2.75, 3.05) is 6.26 Å². The molecule has 0 bridgehead atoms. The number of carbonyl (C=O) groups is 2.